The van der Waals surface area contributed by atoms with Crippen LogP contribution in [-0.4, -0.2) is 42.3 Å². The van der Waals surface area contributed by atoms with Crippen LogP contribution in [0.5, 0.6) is 0 Å². The van der Waals surface area contributed by atoms with E-state index in [4.69, 9.17) is 9.84 Å². The van der Waals surface area contributed by atoms with E-state index < -0.39 is 18.0 Å². The summed E-state index contributed by atoms with van der Waals surface area (Å²) in [5, 5.41) is 14.8. The first kappa shape index (κ1) is 23.5. The van der Waals surface area contributed by atoms with Crippen molar-refractivity contribution < 1.29 is 24.2 Å². The number of benzene rings is 2. The number of carbonyl (C=O) groups is 3. The zero-order chi connectivity index (χ0) is 23.9. The molecule has 2 amide bonds. The Morgan fingerprint density at radius 2 is 1.65 bits per heavy atom. The molecule has 0 spiro atoms. The minimum absolute atomic E-state index is 0.0245. The number of hydrogen-bond donors (Lipinski definition) is 3. The lowest BCUT2D eigenvalue weighted by Crippen LogP contribution is -2.37. The highest BCUT2D eigenvalue weighted by atomic mass is 16.5. The predicted octanol–water partition coefficient (Wildman–Crippen LogP) is 4.23. The fourth-order valence-corrected chi connectivity index (χ4v) is 4.73. The minimum atomic E-state index is -0.831. The molecule has 0 aliphatic heterocycles. The summed E-state index contributed by atoms with van der Waals surface area (Å²) >= 11 is 0. The van der Waals surface area contributed by atoms with Crippen LogP contribution in [0.15, 0.2) is 60.7 Å². The lowest BCUT2D eigenvalue weighted by molar-refractivity contribution is -0.142. The average Bonchev–Trinajstić information content (AvgIpc) is 3.16. The Bertz CT molecular complexity index is 1030. The molecular weight excluding hydrogens is 432 g/mol. The Hall–Kier alpha value is -3.61. The molecular formula is C27H30N2O5. The fourth-order valence-electron chi connectivity index (χ4n) is 4.73. The van der Waals surface area contributed by atoms with Gasteiger partial charge in [0.1, 0.15) is 6.61 Å². The van der Waals surface area contributed by atoms with E-state index in [1.54, 1.807) is 0 Å². The Balaban J connectivity index is 1.14. The van der Waals surface area contributed by atoms with Crippen LogP contribution < -0.4 is 10.6 Å². The Morgan fingerprint density at radius 3 is 2.32 bits per heavy atom. The van der Waals surface area contributed by atoms with E-state index in [2.05, 4.69) is 34.9 Å². The summed E-state index contributed by atoms with van der Waals surface area (Å²) in [5.74, 6) is -1.36. The van der Waals surface area contributed by atoms with Crippen molar-refractivity contribution in [3.63, 3.8) is 0 Å². The number of rotatable bonds is 9. The van der Waals surface area contributed by atoms with Crippen LogP contribution in [0.25, 0.3) is 11.1 Å². The van der Waals surface area contributed by atoms with Gasteiger partial charge in [-0.1, -0.05) is 60.7 Å². The first-order valence-corrected chi connectivity index (χ1v) is 11.8. The number of allylic oxidation sites excluding steroid dienone is 1. The summed E-state index contributed by atoms with van der Waals surface area (Å²) in [7, 11) is 0. The van der Waals surface area contributed by atoms with Crippen molar-refractivity contribution in [3.8, 4) is 11.1 Å². The van der Waals surface area contributed by atoms with Crippen LogP contribution in [0.3, 0.4) is 0 Å². The number of unbranched alkanes of at least 4 members (excludes halogenated alkanes) is 1. The van der Waals surface area contributed by atoms with E-state index in [0.717, 1.165) is 0 Å². The molecule has 0 fully saturated rings. The minimum Gasteiger partial charge on any atom is -0.481 e. The van der Waals surface area contributed by atoms with Gasteiger partial charge in [-0.05, 0) is 47.9 Å². The highest BCUT2D eigenvalue weighted by Gasteiger charge is 2.29. The molecule has 0 radical (unpaired) electrons. The number of ether oxygens (including phenoxy) is 1. The van der Waals surface area contributed by atoms with E-state index in [-0.39, 0.29) is 24.5 Å². The van der Waals surface area contributed by atoms with Crippen LogP contribution in [0.1, 0.15) is 49.1 Å². The smallest absolute Gasteiger partial charge is 0.407 e. The Kier molecular flexibility index (Phi) is 7.62. The molecule has 2 aliphatic carbocycles. The normalized spacial score (nSPS) is 18.6. The van der Waals surface area contributed by atoms with Crippen LogP contribution in [0, 0.1) is 5.92 Å². The van der Waals surface area contributed by atoms with Gasteiger partial charge in [0.25, 0.3) is 0 Å². The number of carboxylic acids is 1. The quantitative estimate of drug-likeness (QED) is 0.382. The van der Waals surface area contributed by atoms with Crippen molar-refractivity contribution in [2.45, 2.75) is 44.1 Å². The van der Waals surface area contributed by atoms with E-state index >= 15 is 0 Å². The number of alkyl carbamates (subject to hydrolysis) is 1. The third kappa shape index (κ3) is 5.65. The second-order valence-electron chi connectivity index (χ2n) is 8.82. The molecule has 7 nitrogen and oxygen atoms in total. The highest BCUT2D eigenvalue weighted by molar-refractivity contribution is 5.79. The number of carbonyl (C=O) groups excluding carboxylic acids is 2. The van der Waals surface area contributed by atoms with E-state index in [0.29, 0.717) is 38.6 Å². The van der Waals surface area contributed by atoms with Crippen molar-refractivity contribution in [2.24, 2.45) is 5.92 Å². The molecule has 0 saturated heterocycles. The molecule has 0 heterocycles. The average molecular weight is 463 g/mol. The molecule has 2 aromatic carbocycles. The van der Waals surface area contributed by atoms with E-state index in [9.17, 15) is 14.4 Å². The topological polar surface area (TPSA) is 105 Å². The molecule has 2 unspecified atom stereocenters. The monoisotopic (exact) mass is 462 g/mol. The van der Waals surface area contributed by atoms with Gasteiger partial charge in [-0.3, -0.25) is 9.59 Å². The van der Waals surface area contributed by atoms with E-state index in [1.165, 1.54) is 22.3 Å². The molecule has 2 aromatic rings. The molecule has 2 atom stereocenters. The zero-order valence-electron chi connectivity index (χ0n) is 19.0. The maximum absolute atomic E-state index is 12.2. The molecule has 0 bridgehead atoms. The summed E-state index contributed by atoms with van der Waals surface area (Å²) in [6, 6.07) is 16.2. The maximum Gasteiger partial charge on any atom is 0.407 e. The summed E-state index contributed by atoms with van der Waals surface area (Å²) < 4.78 is 5.51. The lowest BCUT2D eigenvalue weighted by Gasteiger charge is -2.22. The number of aliphatic carboxylic acids is 1. The number of carboxylic acid groups (broad SMARTS) is 1. The first-order chi connectivity index (χ1) is 16.5. The molecule has 7 heteroatoms. The van der Waals surface area contributed by atoms with Gasteiger partial charge in [0, 0.05) is 24.9 Å². The lowest BCUT2D eigenvalue weighted by atomic mass is 9.91. The predicted molar refractivity (Wildman–Crippen MR) is 128 cm³/mol. The summed E-state index contributed by atoms with van der Waals surface area (Å²) in [5.41, 5.74) is 4.72. The summed E-state index contributed by atoms with van der Waals surface area (Å²) in [6.45, 7) is 0.697. The summed E-state index contributed by atoms with van der Waals surface area (Å²) in [6.07, 6.45) is 5.73. The highest BCUT2D eigenvalue weighted by Crippen LogP contribution is 2.44. The van der Waals surface area contributed by atoms with Crippen molar-refractivity contribution in [1.82, 2.24) is 10.6 Å². The van der Waals surface area contributed by atoms with Crippen LogP contribution in [0.4, 0.5) is 4.79 Å². The largest absolute Gasteiger partial charge is 0.481 e. The SMILES string of the molecule is O=C(CCCCNC(=O)OCC1c2ccccc2-c2ccccc21)NC1C=CCC(C(=O)O)C1. The maximum atomic E-state index is 12.2. The van der Waals surface area contributed by atoms with Crippen LogP contribution in [0.2, 0.25) is 0 Å². The summed E-state index contributed by atoms with van der Waals surface area (Å²) in [4.78, 5) is 35.5. The number of amides is 2. The van der Waals surface area contributed by atoms with Gasteiger partial charge < -0.3 is 20.5 Å². The molecule has 2 aliphatic rings. The van der Waals surface area contributed by atoms with Gasteiger partial charge in [0.05, 0.1) is 5.92 Å². The first-order valence-electron chi connectivity index (χ1n) is 11.8. The van der Waals surface area contributed by atoms with E-state index in [1.807, 2.05) is 36.4 Å². The zero-order valence-corrected chi connectivity index (χ0v) is 19.0. The second-order valence-corrected chi connectivity index (χ2v) is 8.82. The second kappa shape index (κ2) is 11.0. The molecule has 4 rings (SSSR count). The van der Waals surface area contributed by atoms with Gasteiger partial charge in [0.15, 0.2) is 0 Å². The van der Waals surface area contributed by atoms with Crippen molar-refractivity contribution >= 4 is 18.0 Å². The van der Waals surface area contributed by atoms with Gasteiger partial charge in [-0.15, -0.1) is 0 Å². The number of hydrogen-bond acceptors (Lipinski definition) is 4. The van der Waals surface area contributed by atoms with Crippen LogP contribution >= 0.6 is 0 Å². The van der Waals surface area contributed by atoms with Gasteiger partial charge in [-0.2, -0.15) is 0 Å². The molecule has 34 heavy (non-hydrogen) atoms. The number of nitrogens with one attached hydrogen (secondary N) is 2. The Labute approximate surface area is 199 Å². The van der Waals surface area contributed by atoms with Gasteiger partial charge in [-0.25, -0.2) is 4.79 Å². The molecule has 3 N–H and O–H groups in total. The van der Waals surface area contributed by atoms with Gasteiger partial charge in [0.2, 0.25) is 5.91 Å². The van der Waals surface area contributed by atoms with Crippen LogP contribution in [-0.2, 0) is 14.3 Å². The molecule has 0 saturated carbocycles. The fraction of sp³-hybridized carbons (Fsp3) is 0.370. The standard InChI is InChI=1S/C27H30N2O5/c30-25(29-19-9-7-8-18(16-19)26(31)32)14-5-6-15-28-27(33)34-17-24-22-12-3-1-10-20(22)21-11-2-4-13-23(21)24/h1-4,7,9-13,18-19,24H,5-6,8,14-17H2,(H,28,33)(H,29,30)(H,31,32). The number of fused-ring (bicyclic) bond motifs is 3. The third-order valence-electron chi connectivity index (χ3n) is 6.47. The van der Waals surface area contributed by atoms with Crippen molar-refractivity contribution in [2.75, 3.05) is 13.2 Å². The third-order valence-corrected chi connectivity index (χ3v) is 6.47. The Morgan fingerprint density at radius 1 is 0.971 bits per heavy atom. The van der Waals surface area contributed by atoms with Crippen molar-refractivity contribution in [3.05, 3.63) is 71.8 Å². The van der Waals surface area contributed by atoms with Gasteiger partial charge >= 0.3 is 12.1 Å². The van der Waals surface area contributed by atoms with Crippen molar-refractivity contribution in [1.29, 1.82) is 0 Å². The molecule has 0 aromatic heterocycles. The molecule has 178 valence electrons.